The van der Waals surface area contributed by atoms with Gasteiger partial charge in [0.25, 0.3) is 0 Å². The standard InChI is InChI=1S/C15H18N2OS2/c1-19-10-8-12(16)15(18)17-13-6-3-2-5-11(13)14-7-4-9-20-14/h2-7,9,12H,8,10,16H2,1H3,(H,17,18)/t12-/m0/s1. The molecule has 1 atom stereocenters. The fourth-order valence-electron chi connectivity index (χ4n) is 1.84. The van der Waals surface area contributed by atoms with Gasteiger partial charge in [-0.15, -0.1) is 11.3 Å². The van der Waals surface area contributed by atoms with Crippen molar-refractivity contribution >= 4 is 34.7 Å². The maximum Gasteiger partial charge on any atom is 0.241 e. The maximum atomic E-state index is 12.1. The lowest BCUT2D eigenvalue weighted by Gasteiger charge is -2.14. The summed E-state index contributed by atoms with van der Waals surface area (Å²) in [7, 11) is 0. The SMILES string of the molecule is CSCC[C@H](N)C(=O)Nc1ccccc1-c1cccs1. The van der Waals surface area contributed by atoms with Crippen LogP contribution < -0.4 is 11.1 Å². The van der Waals surface area contributed by atoms with Gasteiger partial charge in [-0.2, -0.15) is 11.8 Å². The van der Waals surface area contributed by atoms with E-state index in [1.165, 1.54) is 0 Å². The molecule has 2 rings (SSSR count). The van der Waals surface area contributed by atoms with Crippen LogP contribution in [0.4, 0.5) is 5.69 Å². The van der Waals surface area contributed by atoms with Gasteiger partial charge < -0.3 is 11.1 Å². The Morgan fingerprint density at radius 3 is 2.85 bits per heavy atom. The number of rotatable bonds is 6. The molecule has 0 aliphatic heterocycles. The molecule has 0 saturated heterocycles. The first-order valence-electron chi connectivity index (χ1n) is 6.40. The molecule has 3 nitrogen and oxygen atoms in total. The minimum atomic E-state index is -0.459. The highest BCUT2D eigenvalue weighted by Crippen LogP contribution is 2.31. The lowest BCUT2D eigenvalue weighted by atomic mass is 10.1. The quantitative estimate of drug-likeness (QED) is 0.859. The van der Waals surface area contributed by atoms with E-state index in [1.807, 2.05) is 48.0 Å². The molecule has 2 aromatic rings. The normalized spacial score (nSPS) is 12.1. The van der Waals surface area contributed by atoms with Gasteiger partial charge in [-0.05, 0) is 35.9 Å². The third-order valence-corrected chi connectivity index (χ3v) is 4.49. The van der Waals surface area contributed by atoms with Gasteiger partial charge in [0.15, 0.2) is 0 Å². The van der Waals surface area contributed by atoms with Crippen LogP contribution in [0.5, 0.6) is 0 Å². The molecule has 0 saturated carbocycles. The van der Waals surface area contributed by atoms with Crippen LogP contribution in [0.2, 0.25) is 0 Å². The molecule has 20 heavy (non-hydrogen) atoms. The number of para-hydroxylation sites is 1. The fourth-order valence-corrected chi connectivity index (χ4v) is 3.10. The lowest BCUT2D eigenvalue weighted by molar-refractivity contribution is -0.117. The van der Waals surface area contributed by atoms with Crippen LogP contribution in [-0.2, 0) is 4.79 Å². The molecule has 1 aromatic heterocycles. The summed E-state index contributed by atoms with van der Waals surface area (Å²) in [4.78, 5) is 13.2. The molecule has 1 amide bonds. The Hall–Kier alpha value is -1.30. The highest BCUT2D eigenvalue weighted by Gasteiger charge is 2.15. The minimum absolute atomic E-state index is 0.122. The van der Waals surface area contributed by atoms with E-state index in [0.29, 0.717) is 6.42 Å². The predicted molar refractivity (Wildman–Crippen MR) is 89.4 cm³/mol. The smallest absolute Gasteiger partial charge is 0.241 e. The summed E-state index contributed by atoms with van der Waals surface area (Å²) in [5.41, 5.74) is 7.75. The summed E-state index contributed by atoms with van der Waals surface area (Å²) in [6.45, 7) is 0. The molecule has 0 spiro atoms. The van der Waals surface area contributed by atoms with Crippen molar-refractivity contribution in [3.05, 3.63) is 41.8 Å². The molecule has 1 heterocycles. The van der Waals surface area contributed by atoms with E-state index in [-0.39, 0.29) is 5.91 Å². The van der Waals surface area contributed by atoms with Crippen molar-refractivity contribution in [1.29, 1.82) is 0 Å². The number of benzene rings is 1. The van der Waals surface area contributed by atoms with Gasteiger partial charge in [0.2, 0.25) is 5.91 Å². The average molecular weight is 306 g/mol. The fraction of sp³-hybridized carbons (Fsp3) is 0.267. The Balaban J connectivity index is 2.12. The summed E-state index contributed by atoms with van der Waals surface area (Å²) < 4.78 is 0. The number of thioether (sulfide) groups is 1. The lowest BCUT2D eigenvalue weighted by Crippen LogP contribution is -2.36. The Bertz CT molecular complexity index is 555. The van der Waals surface area contributed by atoms with E-state index in [0.717, 1.165) is 21.9 Å². The van der Waals surface area contributed by atoms with Crippen LogP contribution in [0, 0.1) is 0 Å². The molecule has 106 valence electrons. The van der Waals surface area contributed by atoms with Crippen LogP contribution in [0.25, 0.3) is 10.4 Å². The third kappa shape index (κ3) is 3.85. The second-order valence-corrected chi connectivity index (χ2v) is 6.33. The van der Waals surface area contributed by atoms with E-state index in [4.69, 9.17) is 5.73 Å². The first-order chi connectivity index (χ1) is 9.72. The zero-order valence-corrected chi connectivity index (χ0v) is 13.0. The van der Waals surface area contributed by atoms with Crippen molar-refractivity contribution in [3.63, 3.8) is 0 Å². The summed E-state index contributed by atoms with van der Waals surface area (Å²) in [5, 5.41) is 4.97. The average Bonchev–Trinajstić information content (AvgIpc) is 2.99. The van der Waals surface area contributed by atoms with Crippen LogP contribution >= 0.6 is 23.1 Å². The number of carbonyl (C=O) groups excluding carboxylic acids is 1. The molecule has 3 N–H and O–H groups in total. The van der Waals surface area contributed by atoms with E-state index in [9.17, 15) is 4.79 Å². The van der Waals surface area contributed by atoms with Gasteiger partial charge >= 0.3 is 0 Å². The number of nitrogens with two attached hydrogens (primary N) is 1. The van der Waals surface area contributed by atoms with Gasteiger partial charge in [0, 0.05) is 16.1 Å². The van der Waals surface area contributed by atoms with Crippen LogP contribution in [0.1, 0.15) is 6.42 Å². The number of amides is 1. The summed E-state index contributed by atoms with van der Waals surface area (Å²) >= 11 is 3.35. The van der Waals surface area contributed by atoms with Crippen molar-refractivity contribution in [3.8, 4) is 10.4 Å². The molecule has 0 aliphatic rings. The second kappa shape index (κ2) is 7.47. The number of carbonyl (C=O) groups is 1. The number of thiophene rings is 1. The summed E-state index contributed by atoms with van der Waals surface area (Å²) in [6, 6.07) is 11.4. The van der Waals surface area contributed by atoms with E-state index in [2.05, 4.69) is 5.32 Å². The molecule has 0 fully saturated rings. The first-order valence-corrected chi connectivity index (χ1v) is 8.68. The van der Waals surface area contributed by atoms with Gasteiger partial charge in [0.05, 0.1) is 6.04 Å². The number of hydrogen-bond acceptors (Lipinski definition) is 4. The molecular weight excluding hydrogens is 288 g/mol. The molecule has 0 aliphatic carbocycles. The van der Waals surface area contributed by atoms with Crippen molar-refractivity contribution in [2.75, 3.05) is 17.3 Å². The Kier molecular flexibility index (Phi) is 5.64. The maximum absolute atomic E-state index is 12.1. The predicted octanol–water partition coefficient (Wildman–Crippen LogP) is 3.43. The monoisotopic (exact) mass is 306 g/mol. The molecule has 1 aromatic carbocycles. The topological polar surface area (TPSA) is 55.1 Å². The van der Waals surface area contributed by atoms with Crippen molar-refractivity contribution in [2.45, 2.75) is 12.5 Å². The van der Waals surface area contributed by atoms with Crippen LogP contribution in [-0.4, -0.2) is 24.0 Å². The van der Waals surface area contributed by atoms with Gasteiger partial charge in [-0.3, -0.25) is 4.79 Å². The number of hydrogen-bond donors (Lipinski definition) is 2. The van der Waals surface area contributed by atoms with Gasteiger partial charge in [0.1, 0.15) is 0 Å². The van der Waals surface area contributed by atoms with Gasteiger partial charge in [-0.1, -0.05) is 24.3 Å². The second-order valence-electron chi connectivity index (χ2n) is 4.40. The molecular formula is C15H18N2OS2. The molecule has 0 radical (unpaired) electrons. The van der Waals surface area contributed by atoms with E-state index < -0.39 is 6.04 Å². The molecule has 0 unspecified atom stereocenters. The number of nitrogens with one attached hydrogen (secondary N) is 1. The zero-order valence-electron chi connectivity index (χ0n) is 11.3. The summed E-state index contributed by atoms with van der Waals surface area (Å²) in [5.74, 6) is 0.768. The largest absolute Gasteiger partial charge is 0.324 e. The van der Waals surface area contributed by atoms with Crippen molar-refractivity contribution < 1.29 is 4.79 Å². The molecule has 5 heteroatoms. The highest BCUT2D eigenvalue weighted by atomic mass is 32.2. The van der Waals surface area contributed by atoms with E-state index in [1.54, 1.807) is 23.1 Å². The van der Waals surface area contributed by atoms with Crippen LogP contribution in [0.3, 0.4) is 0 Å². The Morgan fingerprint density at radius 1 is 1.35 bits per heavy atom. The van der Waals surface area contributed by atoms with Crippen molar-refractivity contribution in [2.24, 2.45) is 5.73 Å². The third-order valence-electron chi connectivity index (χ3n) is 2.94. The van der Waals surface area contributed by atoms with E-state index >= 15 is 0 Å². The minimum Gasteiger partial charge on any atom is -0.324 e. The highest BCUT2D eigenvalue weighted by molar-refractivity contribution is 7.98. The Morgan fingerprint density at radius 2 is 2.15 bits per heavy atom. The molecule has 0 bridgehead atoms. The Labute approximate surface area is 127 Å². The first kappa shape index (κ1) is 15.1. The van der Waals surface area contributed by atoms with Crippen molar-refractivity contribution in [1.82, 2.24) is 0 Å². The van der Waals surface area contributed by atoms with Crippen LogP contribution in [0.15, 0.2) is 41.8 Å². The zero-order chi connectivity index (χ0) is 14.4. The summed E-state index contributed by atoms with van der Waals surface area (Å²) in [6.07, 6.45) is 2.70. The van der Waals surface area contributed by atoms with Gasteiger partial charge in [-0.25, -0.2) is 0 Å². The number of anilines is 1.